The summed E-state index contributed by atoms with van der Waals surface area (Å²) >= 11 is 0. The number of carbonyl (C=O) groups excluding carboxylic acids is 2. The minimum absolute atomic E-state index is 0.0101. The van der Waals surface area contributed by atoms with Crippen LogP contribution in [-0.4, -0.2) is 29.8 Å². The summed E-state index contributed by atoms with van der Waals surface area (Å²) in [6.07, 6.45) is 5.90. The molecule has 1 heterocycles. The number of likely N-dealkylation sites (tertiary alicyclic amines) is 1. The number of benzene rings is 2. The molecule has 1 saturated heterocycles. The van der Waals surface area contributed by atoms with Gasteiger partial charge in [0.1, 0.15) is 0 Å². The number of nitrogens with one attached hydrogen (secondary N) is 1. The van der Waals surface area contributed by atoms with E-state index in [2.05, 4.69) is 17.4 Å². The minimum atomic E-state index is -0.0791. The zero-order chi connectivity index (χ0) is 17.9. The zero-order valence-corrected chi connectivity index (χ0v) is 15.0. The van der Waals surface area contributed by atoms with Crippen LogP contribution in [0.15, 0.2) is 42.5 Å². The normalized spacial score (nSPS) is 15.8. The molecule has 2 aliphatic rings. The fraction of sp³-hybridized carbons (Fsp3) is 0.364. The molecule has 0 atom stereocenters. The van der Waals surface area contributed by atoms with Crippen LogP contribution in [-0.2, 0) is 24.1 Å². The van der Waals surface area contributed by atoms with Crippen LogP contribution in [0, 0.1) is 0 Å². The van der Waals surface area contributed by atoms with Crippen LogP contribution in [0.4, 0.5) is 5.69 Å². The number of para-hydroxylation sites is 1. The summed E-state index contributed by atoms with van der Waals surface area (Å²) in [5, 5.41) is 2.94. The van der Waals surface area contributed by atoms with Crippen molar-refractivity contribution in [3.05, 3.63) is 64.7 Å². The van der Waals surface area contributed by atoms with E-state index in [1.54, 1.807) is 6.07 Å². The summed E-state index contributed by atoms with van der Waals surface area (Å²) in [7, 11) is 0. The summed E-state index contributed by atoms with van der Waals surface area (Å²) < 4.78 is 0. The minimum Gasteiger partial charge on any atom is -0.339 e. The Labute approximate surface area is 154 Å². The van der Waals surface area contributed by atoms with Gasteiger partial charge in [-0.1, -0.05) is 30.3 Å². The summed E-state index contributed by atoms with van der Waals surface area (Å²) in [5.74, 6) is -0.0689. The summed E-state index contributed by atoms with van der Waals surface area (Å²) in [6.45, 7) is 1.60. The van der Waals surface area contributed by atoms with E-state index in [0.717, 1.165) is 44.3 Å². The zero-order valence-electron chi connectivity index (χ0n) is 15.0. The predicted octanol–water partition coefficient (Wildman–Crippen LogP) is 3.59. The number of hydrogen-bond acceptors (Lipinski definition) is 2. The van der Waals surface area contributed by atoms with Gasteiger partial charge >= 0.3 is 0 Å². The van der Waals surface area contributed by atoms with Crippen molar-refractivity contribution in [2.75, 3.05) is 18.4 Å². The van der Waals surface area contributed by atoms with Gasteiger partial charge < -0.3 is 10.2 Å². The maximum absolute atomic E-state index is 12.7. The van der Waals surface area contributed by atoms with Gasteiger partial charge in [0.25, 0.3) is 5.91 Å². The van der Waals surface area contributed by atoms with Gasteiger partial charge in [-0.05, 0) is 60.9 Å². The Kier molecular flexibility index (Phi) is 4.74. The third-order valence-electron chi connectivity index (χ3n) is 5.35. The van der Waals surface area contributed by atoms with Crippen molar-refractivity contribution >= 4 is 17.5 Å². The highest BCUT2D eigenvalue weighted by Crippen LogP contribution is 2.24. The lowest BCUT2D eigenvalue weighted by atomic mass is 10.0. The number of rotatable bonds is 4. The number of aryl methyl sites for hydroxylation is 2. The molecule has 2 amide bonds. The topological polar surface area (TPSA) is 49.4 Å². The Morgan fingerprint density at radius 1 is 0.923 bits per heavy atom. The molecule has 1 aliphatic heterocycles. The first-order valence-electron chi connectivity index (χ1n) is 9.49. The van der Waals surface area contributed by atoms with Crippen molar-refractivity contribution in [2.24, 2.45) is 0 Å². The lowest BCUT2D eigenvalue weighted by Crippen LogP contribution is -2.29. The maximum Gasteiger partial charge on any atom is 0.255 e. The molecular weight excluding hydrogens is 324 g/mol. The van der Waals surface area contributed by atoms with Gasteiger partial charge in [0, 0.05) is 13.1 Å². The number of carbonyl (C=O) groups is 2. The third-order valence-corrected chi connectivity index (χ3v) is 5.35. The van der Waals surface area contributed by atoms with E-state index in [-0.39, 0.29) is 11.8 Å². The molecule has 2 aromatic carbocycles. The maximum atomic E-state index is 12.7. The van der Waals surface area contributed by atoms with Crippen LogP contribution in [0.25, 0.3) is 0 Å². The van der Waals surface area contributed by atoms with Crippen LogP contribution in [0.2, 0.25) is 0 Å². The highest BCUT2D eigenvalue weighted by atomic mass is 16.2. The Hall–Kier alpha value is -2.62. The van der Waals surface area contributed by atoms with E-state index < -0.39 is 0 Å². The van der Waals surface area contributed by atoms with Crippen LogP contribution in [0.3, 0.4) is 0 Å². The molecule has 0 saturated carbocycles. The van der Waals surface area contributed by atoms with Crippen LogP contribution < -0.4 is 5.32 Å². The molecule has 1 aliphatic carbocycles. The number of anilines is 1. The van der Waals surface area contributed by atoms with Crippen molar-refractivity contribution in [2.45, 2.75) is 38.5 Å². The van der Waals surface area contributed by atoms with E-state index >= 15 is 0 Å². The molecule has 0 bridgehead atoms. The second-order valence-corrected chi connectivity index (χ2v) is 7.23. The fourth-order valence-corrected chi connectivity index (χ4v) is 3.98. The average Bonchev–Trinajstić information content (AvgIpc) is 3.33. The monoisotopic (exact) mass is 348 g/mol. The van der Waals surface area contributed by atoms with Crippen molar-refractivity contribution in [3.63, 3.8) is 0 Å². The highest BCUT2D eigenvalue weighted by Gasteiger charge is 2.22. The van der Waals surface area contributed by atoms with E-state index in [0.29, 0.717) is 17.7 Å². The van der Waals surface area contributed by atoms with Crippen molar-refractivity contribution < 1.29 is 9.59 Å². The second kappa shape index (κ2) is 7.32. The van der Waals surface area contributed by atoms with Gasteiger partial charge in [-0.15, -0.1) is 0 Å². The molecule has 4 rings (SSSR count). The number of amides is 2. The second-order valence-electron chi connectivity index (χ2n) is 7.23. The van der Waals surface area contributed by atoms with Crippen molar-refractivity contribution in [1.82, 2.24) is 4.90 Å². The molecule has 1 fully saturated rings. The Morgan fingerprint density at radius 3 is 2.54 bits per heavy atom. The van der Waals surface area contributed by atoms with Gasteiger partial charge in [0.15, 0.2) is 0 Å². The molecule has 134 valence electrons. The van der Waals surface area contributed by atoms with Gasteiger partial charge in [-0.2, -0.15) is 0 Å². The molecule has 0 aromatic heterocycles. The quantitative estimate of drug-likeness (QED) is 0.918. The molecule has 0 unspecified atom stereocenters. The predicted molar refractivity (Wildman–Crippen MR) is 102 cm³/mol. The smallest absolute Gasteiger partial charge is 0.255 e. The molecule has 4 nitrogen and oxygen atoms in total. The van der Waals surface area contributed by atoms with E-state index in [1.807, 2.05) is 29.2 Å². The average molecular weight is 348 g/mol. The lowest BCUT2D eigenvalue weighted by molar-refractivity contribution is -0.115. The third kappa shape index (κ3) is 3.50. The van der Waals surface area contributed by atoms with Crippen molar-refractivity contribution in [1.29, 1.82) is 0 Å². The highest BCUT2D eigenvalue weighted by molar-refractivity contribution is 6.04. The Balaban J connectivity index is 1.47. The largest absolute Gasteiger partial charge is 0.339 e. The molecule has 0 spiro atoms. The van der Waals surface area contributed by atoms with Crippen LogP contribution in [0.1, 0.15) is 46.3 Å². The van der Waals surface area contributed by atoms with Crippen LogP contribution >= 0.6 is 0 Å². The van der Waals surface area contributed by atoms with E-state index in [9.17, 15) is 9.59 Å². The molecule has 0 radical (unpaired) electrons. The summed E-state index contributed by atoms with van der Waals surface area (Å²) in [4.78, 5) is 27.1. The fourth-order valence-electron chi connectivity index (χ4n) is 3.98. The number of fused-ring (bicyclic) bond motifs is 1. The van der Waals surface area contributed by atoms with E-state index in [1.165, 1.54) is 17.5 Å². The SMILES string of the molecule is O=C(Cc1ccc2c(c1)CCC2)Nc1ccccc1C(=O)N1CCCC1. The Bertz CT molecular complexity index is 838. The van der Waals surface area contributed by atoms with Gasteiger partial charge in [-0.3, -0.25) is 9.59 Å². The van der Waals surface area contributed by atoms with Crippen molar-refractivity contribution in [3.8, 4) is 0 Å². The number of hydrogen-bond donors (Lipinski definition) is 1. The molecule has 26 heavy (non-hydrogen) atoms. The summed E-state index contributed by atoms with van der Waals surface area (Å²) in [6, 6.07) is 13.7. The van der Waals surface area contributed by atoms with Gasteiger partial charge in [0.2, 0.25) is 5.91 Å². The summed E-state index contributed by atoms with van der Waals surface area (Å²) in [5.41, 5.74) is 5.01. The van der Waals surface area contributed by atoms with Gasteiger partial charge in [0.05, 0.1) is 17.7 Å². The molecular formula is C22H24N2O2. The molecule has 4 heteroatoms. The van der Waals surface area contributed by atoms with E-state index in [4.69, 9.17) is 0 Å². The first kappa shape index (κ1) is 16.8. The Morgan fingerprint density at radius 2 is 1.69 bits per heavy atom. The van der Waals surface area contributed by atoms with Gasteiger partial charge in [-0.25, -0.2) is 0 Å². The van der Waals surface area contributed by atoms with Crippen LogP contribution in [0.5, 0.6) is 0 Å². The lowest BCUT2D eigenvalue weighted by Gasteiger charge is -2.18. The standard InChI is InChI=1S/C22H24N2O2/c25-21(15-16-10-11-17-6-5-7-18(17)14-16)23-20-9-2-1-8-19(20)22(26)24-12-3-4-13-24/h1-2,8-11,14H,3-7,12-13,15H2,(H,23,25). The first-order valence-corrected chi connectivity index (χ1v) is 9.49. The first-order chi connectivity index (χ1) is 12.7. The molecule has 1 N–H and O–H groups in total. The molecule has 2 aromatic rings. The number of nitrogens with zero attached hydrogens (tertiary/aromatic N) is 1.